The number of ketones is 2. The van der Waals surface area contributed by atoms with Crippen LogP contribution in [-0.4, -0.2) is 40.7 Å². The Bertz CT molecular complexity index is 1250. The number of benzene rings is 2. The van der Waals surface area contributed by atoms with Crippen molar-refractivity contribution in [2.45, 2.75) is 58.0 Å². The SMILES string of the molecule is CCOc1cc(C2C3=C(CCCC3=O)N(CC(=O)O)C3=C2C(=O)CCC3)ccc1OCc1ccccc1. The number of carbonyl (C=O) groups is 3. The lowest BCUT2D eigenvalue weighted by Gasteiger charge is -2.43. The van der Waals surface area contributed by atoms with Crippen molar-refractivity contribution in [2.24, 2.45) is 0 Å². The molecule has 7 heteroatoms. The van der Waals surface area contributed by atoms with Crippen molar-refractivity contribution in [3.05, 3.63) is 82.2 Å². The maximum Gasteiger partial charge on any atom is 0.323 e. The summed E-state index contributed by atoms with van der Waals surface area (Å²) in [6.45, 7) is 2.47. The molecule has 3 aliphatic rings. The molecule has 37 heavy (non-hydrogen) atoms. The van der Waals surface area contributed by atoms with Crippen molar-refractivity contribution < 1.29 is 29.0 Å². The van der Waals surface area contributed by atoms with E-state index in [-0.39, 0.29) is 18.1 Å². The molecule has 0 fully saturated rings. The topological polar surface area (TPSA) is 93.1 Å². The van der Waals surface area contributed by atoms with Crippen LogP contribution >= 0.6 is 0 Å². The van der Waals surface area contributed by atoms with E-state index in [4.69, 9.17) is 9.47 Å². The molecule has 192 valence electrons. The third-order valence-electron chi connectivity index (χ3n) is 7.22. The van der Waals surface area contributed by atoms with Gasteiger partial charge in [-0.25, -0.2) is 0 Å². The highest BCUT2D eigenvalue weighted by atomic mass is 16.5. The monoisotopic (exact) mass is 501 g/mol. The van der Waals surface area contributed by atoms with Gasteiger partial charge in [-0.05, 0) is 55.9 Å². The Morgan fingerprint density at radius 2 is 1.54 bits per heavy atom. The smallest absolute Gasteiger partial charge is 0.323 e. The molecule has 5 rings (SSSR count). The van der Waals surface area contributed by atoms with Crippen LogP contribution in [0.5, 0.6) is 11.5 Å². The third-order valence-corrected chi connectivity index (χ3v) is 7.22. The van der Waals surface area contributed by atoms with Gasteiger partial charge in [0.05, 0.1) is 6.61 Å². The van der Waals surface area contributed by atoms with Crippen LogP contribution in [0, 0.1) is 0 Å². The van der Waals surface area contributed by atoms with Crippen LogP contribution in [0.2, 0.25) is 0 Å². The summed E-state index contributed by atoms with van der Waals surface area (Å²) in [6.07, 6.45) is 3.37. The van der Waals surface area contributed by atoms with Crippen LogP contribution in [-0.2, 0) is 21.0 Å². The number of carbonyl (C=O) groups excluding carboxylic acids is 2. The Morgan fingerprint density at radius 3 is 2.14 bits per heavy atom. The number of carboxylic acids is 1. The van der Waals surface area contributed by atoms with E-state index in [9.17, 15) is 19.5 Å². The van der Waals surface area contributed by atoms with Gasteiger partial charge in [0.15, 0.2) is 23.1 Å². The van der Waals surface area contributed by atoms with Gasteiger partial charge in [-0.1, -0.05) is 36.4 Å². The quantitative estimate of drug-likeness (QED) is 0.534. The molecule has 0 radical (unpaired) electrons. The Morgan fingerprint density at radius 1 is 0.892 bits per heavy atom. The van der Waals surface area contributed by atoms with Crippen molar-refractivity contribution in [1.82, 2.24) is 4.90 Å². The van der Waals surface area contributed by atoms with E-state index in [1.807, 2.05) is 55.5 Å². The van der Waals surface area contributed by atoms with Crippen LogP contribution < -0.4 is 9.47 Å². The van der Waals surface area contributed by atoms with Crippen molar-refractivity contribution in [1.29, 1.82) is 0 Å². The summed E-state index contributed by atoms with van der Waals surface area (Å²) in [5.41, 5.74) is 4.43. The van der Waals surface area contributed by atoms with E-state index in [2.05, 4.69) is 0 Å². The molecule has 0 atom stereocenters. The number of allylic oxidation sites excluding steroid dienone is 4. The standard InChI is InChI=1S/C30H31NO6/c1-2-36-26-16-20(14-15-25(26)37-18-19-8-4-3-5-9-19)28-29-21(10-6-12-23(29)32)31(17-27(34)35)22-11-7-13-24(33)30(22)28/h3-5,8-9,14-16,28H,2,6-7,10-13,17-18H2,1H3,(H,34,35). The molecule has 1 heterocycles. The summed E-state index contributed by atoms with van der Waals surface area (Å²) < 4.78 is 12.0. The van der Waals surface area contributed by atoms with Crippen LogP contribution in [0.15, 0.2) is 71.1 Å². The maximum absolute atomic E-state index is 13.3. The van der Waals surface area contributed by atoms with E-state index in [1.54, 1.807) is 4.90 Å². The van der Waals surface area contributed by atoms with Gasteiger partial charge in [0, 0.05) is 41.3 Å². The zero-order chi connectivity index (χ0) is 25.9. The van der Waals surface area contributed by atoms with Crippen LogP contribution in [0.1, 0.15) is 62.5 Å². The predicted octanol–water partition coefficient (Wildman–Crippen LogP) is 5.16. The molecule has 2 aliphatic carbocycles. The fourth-order valence-electron chi connectivity index (χ4n) is 5.70. The molecule has 2 aromatic carbocycles. The van der Waals surface area contributed by atoms with Crippen molar-refractivity contribution in [3.8, 4) is 11.5 Å². The highest BCUT2D eigenvalue weighted by Gasteiger charge is 2.43. The van der Waals surface area contributed by atoms with E-state index in [0.717, 1.165) is 22.5 Å². The Hall–Kier alpha value is -3.87. The minimum Gasteiger partial charge on any atom is -0.490 e. The number of carboxylic acid groups (broad SMARTS) is 1. The molecule has 1 N–H and O–H groups in total. The average molecular weight is 502 g/mol. The summed E-state index contributed by atoms with van der Waals surface area (Å²) in [5, 5.41) is 9.63. The van der Waals surface area contributed by atoms with E-state index >= 15 is 0 Å². The molecule has 0 aromatic heterocycles. The number of nitrogens with zero attached hydrogens (tertiary/aromatic N) is 1. The predicted molar refractivity (Wildman–Crippen MR) is 137 cm³/mol. The highest BCUT2D eigenvalue weighted by Crippen LogP contribution is 2.50. The van der Waals surface area contributed by atoms with E-state index in [1.165, 1.54) is 0 Å². The normalized spacial score (nSPS) is 18.0. The molecule has 0 saturated carbocycles. The lowest BCUT2D eigenvalue weighted by atomic mass is 9.71. The Kier molecular flexibility index (Phi) is 7.12. The molecule has 7 nitrogen and oxygen atoms in total. The van der Waals surface area contributed by atoms with Crippen LogP contribution in [0.4, 0.5) is 0 Å². The first-order valence-corrected chi connectivity index (χ1v) is 12.9. The third kappa shape index (κ3) is 4.90. The molecular weight excluding hydrogens is 470 g/mol. The van der Waals surface area contributed by atoms with Gasteiger partial charge in [-0.3, -0.25) is 14.4 Å². The number of Topliss-reactive ketones (excluding diaryl/α,β-unsaturated/α-hetero) is 2. The summed E-state index contributed by atoms with van der Waals surface area (Å²) >= 11 is 0. The summed E-state index contributed by atoms with van der Waals surface area (Å²) in [5.74, 6) is -0.404. The van der Waals surface area contributed by atoms with Crippen LogP contribution in [0.25, 0.3) is 0 Å². The second-order valence-corrected chi connectivity index (χ2v) is 9.60. The molecule has 0 unspecified atom stereocenters. The maximum atomic E-state index is 13.3. The summed E-state index contributed by atoms with van der Waals surface area (Å²) in [6, 6.07) is 15.5. The minimum absolute atomic E-state index is 0.0195. The van der Waals surface area contributed by atoms with Gasteiger partial charge >= 0.3 is 5.97 Å². The van der Waals surface area contributed by atoms with E-state index < -0.39 is 11.9 Å². The molecule has 0 saturated heterocycles. The number of rotatable bonds is 8. The average Bonchev–Trinajstić information content (AvgIpc) is 2.89. The molecule has 0 bridgehead atoms. The Balaban J connectivity index is 1.59. The molecule has 2 aromatic rings. The first kappa shape index (κ1) is 24.8. The van der Waals surface area contributed by atoms with Gasteiger partial charge in [0.25, 0.3) is 0 Å². The second-order valence-electron chi connectivity index (χ2n) is 9.60. The summed E-state index contributed by atoms with van der Waals surface area (Å²) in [7, 11) is 0. The minimum atomic E-state index is -0.980. The molecule has 0 spiro atoms. The van der Waals surface area contributed by atoms with Crippen molar-refractivity contribution >= 4 is 17.5 Å². The zero-order valence-corrected chi connectivity index (χ0v) is 21.0. The first-order chi connectivity index (χ1) is 18.0. The lowest BCUT2D eigenvalue weighted by Crippen LogP contribution is -2.41. The number of hydrogen-bond acceptors (Lipinski definition) is 6. The fraction of sp³-hybridized carbons (Fsp3) is 0.367. The van der Waals surface area contributed by atoms with Crippen LogP contribution in [0.3, 0.4) is 0 Å². The molecular formula is C30H31NO6. The summed E-state index contributed by atoms with van der Waals surface area (Å²) in [4.78, 5) is 40.2. The molecule has 1 aliphatic heterocycles. The largest absolute Gasteiger partial charge is 0.490 e. The van der Waals surface area contributed by atoms with Gasteiger partial charge in [-0.2, -0.15) is 0 Å². The zero-order valence-electron chi connectivity index (χ0n) is 21.0. The Labute approximate surface area is 216 Å². The van der Waals surface area contributed by atoms with Crippen molar-refractivity contribution in [3.63, 3.8) is 0 Å². The number of aliphatic carboxylic acids is 1. The lowest BCUT2D eigenvalue weighted by molar-refractivity contribution is -0.138. The van der Waals surface area contributed by atoms with Gasteiger partial charge in [-0.15, -0.1) is 0 Å². The highest BCUT2D eigenvalue weighted by molar-refractivity contribution is 6.06. The van der Waals surface area contributed by atoms with Gasteiger partial charge in [0.2, 0.25) is 0 Å². The fourth-order valence-corrected chi connectivity index (χ4v) is 5.70. The van der Waals surface area contributed by atoms with Gasteiger partial charge < -0.3 is 19.5 Å². The van der Waals surface area contributed by atoms with Crippen molar-refractivity contribution in [2.75, 3.05) is 13.2 Å². The second kappa shape index (κ2) is 10.6. The molecule has 0 amide bonds. The van der Waals surface area contributed by atoms with E-state index in [0.29, 0.717) is 74.4 Å². The van der Waals surface area contributed by atoms with Gasteiger partial charge in [0.1, 0.15) is 13.2 Å². The number of ether oxygens (including phenoxy) is 2. The first-order valence-electron chi connectivity index (χ1n) is 12.9. The number of hydrogen-bond donors (Lipinski definition) is 1.